The van der Waals surface area contributed by atoms with Gasteiger partial charge in [-0.2, -0.15) is 0 Å². The number of carbonyl (C=O) groups excluding carboxylic acids is 2. The van der Waals surface area contributed by atoms with E-state index in [4.69, 9.17) is 10.4 Å². The van der Waals surface area contributed by atoms with Gasteiger partial charge in [-0.1, -0.05) is 17.3 Å². The monoisotopic (exact) mass is 416 g/mol. The third-order valence-electron chi connectivity index (χ3n) is 4.58. The van der Waals surface area contributed by atoms with Crippen LogP contribution in [0.4, 0.5) is 5.13 Å². The van der Waals surface area contributed by atoms with Crippen molar-refractivity contribution >= 4 is 40.9 Å². The maximum absolute atomic E-state index is 12.7. The first-order valence-electron chi connectivity index (χ1n) is 9.07. The van der Waals surface area contributed by atoms with Crippen LogP contribution in [0.2, 0.25) is 5.82 Å². The lowest BCUT2D eigenvalue weighted by Gasteiger charge is -2.28. The number of nitrogens with zero attached hydrogens (tertiary/aromatic N) is 2. The van der Waals surface area contributed by atoms with E-state index in [2.05, 4.69) is 15.5 Å². The Morgan fingerprint density at radius 3 is 2.97 bits per heavy atom. The smallest absolute Gasteiger partial charge is 0.526 e. The highest BCUT2D eigenvalue weighted by atomic mass is 32.1. The van der Waals surface area contributed by atoms with Crippen molar-refractivity contribution in [2.45, 2.75) is 25.6 Å². The normalized spacial score (nSPS) is 16.2. The Kier molecular flexibility index (Phi) is 6.62. The van der Waals surface area contributed by atoms with E-state index < -0.39 is 18.7 Å². The van der Waals surface area contributed by atoms with Crippen LogP contribution in [0.15, 0.2) is 28.7 Å². The van der Waals surface area contributed by atoms with Gasteiger partial charge in [0.2, 0.25) is 0 Å². The Morgan fingerprint density at radius 1 is 1.48 bits per heavy atom. The third-order valence-corrected chi connectivity index (χ3v) is 5.38. The predicted molar refractivity (Wildman–Crippen MR) is 110 cm³/mol. The van der Waals surface area contributed by atoms with Crippen LogP contribution < -0.4 is 15.7 Å². The van der Waals surface area contributed by atoms with E-state index in [-0.39, 0.29) is 23.6 Å². The van der Waals surface area contributed by atoms with Gasteiger partial charge in [-0.25, -0.2) is 4.98 Å². The highest BCUT2D eigenvalue weighted by Crippen LogP contribution is 2.36. The number of anilines is 1. The standard InChI is InChI=1S/C18H21BN4O5S/c1-10(24)13-4-2-3-11-7-12(19(26)28-17(11)13)8-15(25)16(23-27)14-9-29-18(22-14)21-6-5-20/h2-4,9,12,26-27H,5-8,20H2,1H3,(H,21,22)/b23-16-/t12-/m1/s1. The van der Waals surface area contributed by atoms with E-state index in [9.17, 15) is 19.8 Å². The quantitative estimate of drug-likeness (QED) is 0.166. The summed E-state index contributed by atoms with van der Waals surface area (Å²) >= 11 is 1.26. The third kappa shape index (κ3) is 4.64. The second-order valence-electron chi connectivity index (χ2n) is 6.65. The van der Waals surface area contributed by atoms with Crippen molar-refractivity contribution in [1.29, 1.82) is 0 Å². The lowest BCUT2D eigenvalue weighted by molar-refractivity contribution is -0.113. The molecule has 11 heteroatoms. The van der Waals surface area contributed by atoms with Crippen molar-refractivity contribution in [2.24, 2.45) is 10.9 Å². The average molecular weight is 416 g/mol. The van der Waals surface area contributed by atoms with Gasteiger partial charge in [0, 0.05) is 30.7 Å². The number of Topliss-reactive ketones (excluding diaryl/α,β-unsaturated/α-hetero) is 2. The number of rotatable bonds is 8. The second-order valence-corrected chi connectivity index (χ2v) is 7.51. The van der Waals surface area contributed by atoms with Crippen molar-refractivity contribution in [3.05, 3.63) is 40.4 Å². The van der Waals surface area contributed by atoms with Gasteiger partial charge < -0.3 is 25.9 Å². The molecule has 0 bridgehead atoms. The first-order valence-corrected chi connectivity index (χ1v) is 9.95. The zero-order chi connectivity index (χ0) is 21.0. The number of nitrogens with two attached hydrogens (primary N) is 1. The number of aromatic nitrogens is 1. The zero-order valence-corrected chi connectivity index (χ0v) is 16.6. The molecule has 1 aromatic carbocycles. The zero-order valence-electron chi connectivity index (χ0n) is 15.8. The van der Waals surface area contributed by atoms with Crippen LogP contribution >= 0.6 is 11.3 Å². The number of oxime groups is 1. The lowest BCUT2D eigenvalue weighted by atomic mass is 9.64. The summed E-state index contributed by atoms with van der Waals surface area (Å²) in [6, 6.07) is 5.16. The van der Waals surface area contributed by atoms with E-state index in [1.54, 1.807) is 23.6 Å². The number of thiazole rings is 1. The summed E-state index contributed by atoms with van der Waals surface area (Å²) in [4.78, 5) is 28.7. The Balaban J connectivity index is 1.73. The van der Waals surface area contributed by atoms with Gasteiger partial charge in [0.25, 0.3) is 0 Å². The largest absolute Gasteiger partial charge is 0.535 e. The molecule has 0 saturated heterocycles. The minimum Gasteiger partial charge on any atom is -0.535 e. The molecule has 2 heterocycles. The Hall–Kier alpha value is -2.76. The van der Waals surface area contributed by atoms with Gasteiger partial charge in [-0.3, -0.25) is 9.59 Å². The average Bonchev–Trinajstić information content (AvgIpc) is 3.15. The first-order chi connectivity index (χ1) is 13.9. The summed E-state index contributed by atoms with van der Waals surface area (Å²) in [6.07, 6.45) is 0.246. The van der Waals surface area contributed by atoms with Crippen molar-refractivity contribution < 1.29 is 24.5 Å². The minimum absolute atomic E-state index is 0.104. The van der Waals surface area contributed by atoms with Gasteiger partial charge in [0.1, 0.15) is 11.4 Å². The van der Waals surface area contributed by atoms with Crippen molar-refractivity contribution in [3.8, 4) is 5.75 Å². The first kappa shape index (κ1) is 21.0. The van der Waals surface area contributed by atoms with Crippen molar-refractivity contribution in [1.82, 2.24) is 4.98 Å². The van der Waals surface area contributed by atoms with Gasteiger partial charge in [0.05, 0.1) is 5.56 Å². The number of carbonyl (C=O) groups is 2. The van der Waals surface area contributed by atoms with E-state index in [1.165, 1.54) is 18.3 Å². The van der Waals surface area contributed by atoms with E-state index >= 15 is 0 Å². The molecule has 1 aliphatic rings. The van der Waals surface area contributed by atoms with Crippen LogP contribution in [0, 0.1) is 0 Å². The van der Waals surface area contributed by atoms with Gasteiger partial charge >= 0.3 is 7.12 Å². The fourth-order valence-electron chi connectivity index (χ4n) is 3.16. The molecule has 1 atom stereocenters. The molecule has 5 N–H and O–H groups in total. The number of para-hydroxylation sites is 1. The summed E-state index contributed by atoms with van der Waals surface area (Å²) in [5.74, 6) is -0.840. The number of hydrogen-bond acceptors (Lipinski definition) is 10. The molecule has 0 unspecified atom stereocenters. The molecule has 29 heavy (non-hydrogen) atoms. The summed E-state index contributed by atoms with van der Waals surface area (Å²) < 4.78 is 5.55. The number of hydrogen-bond donors (Lipinski definition) is 4. The van der Waals surface area contributed by atoms with Gasteiger partial charge in [-0.05, 0) is 25.0 Å². The topological polar surface area (TPSA) is 147 Å². The summed E-state index contributed by atoms with van der Waals surface area (Å²) in [7, 11) is -1.26. The molecule has 0 saturated carbocycles. The molecule has 1 aromatic heterocycles. The summed E-state index contributed by atoms with van der Waals surface area (Å²) in [5.41, 5.74) is 6.63. The minimum atomic E-state index is -1.26. The SMILES string of the molecule is CC(=O)c1cccc2c1OB(O)[C@@H](CC(=O)/C(=N\O)c1csc(NCCN)n1)C2. The molecule has 2 aromatic rings. The summed E-state index contributed by atoms with van der Waals surface area (Å²) in [5, 5.41) is 28.0. The highest BCUT2D eigenvalue weighted by Gasteiger charge is 2.38. The molecular formula is C18H21BN4O5S. The van der Waals surface area contributed by atoms with Crippen molar-refractivity contribution in [2.75, 3.05) is 18.4 Å². The Morgan fingerprint density at radius 2 is 2.28 bits per heavy atom. The lowest BCUT2D eigenvalue weighted by Crippen LogP contribution is -2.36. The van der Waals surface area contributed by atoms with E-state index in [1.807, 2.05) is 0 Å². The molecule has 152 valence electrons. The van der Waals surface area contributed by atoms with Crippen LogP contribution in [-0.4, -0.2) is 52.7 Å². The molecule has 0 spiro atoms. The molecule has 0 amide bonds. The number of ketones is 2. The van der Waals surface area contributed by atoms with Crippen LogP contribution in [0.1, 0.15) is 35.0 Å². The Bertz CT molecular complexity index is 948. The second kappa shape index (κ2) is 9.16. The number of fused-ring (bicyclic) bond motifs is 1. The maximum Gasteiger partial charge on any atom is 0.526 e. The van der Waals surface area contributed by atoms with Crippen LogP contribution in [0.5, 0.6) is 5.75 Å². The van der Waals surface area contributed by atoms with Gasteiger partial charge in [-0.15, -0.1) is 11.3 Å². The molecule has 0 radical (unpaired) electrons. The molecule has 9 nitrogen and oxygen atoms in total. The molecule has 3 rings (SSSR count). The fraction of sp³-hybridized carbons (Fsp3) is 0.333. The van der Waals surface area contributed by atoms with Crippen LogP contribution in [0.25, 0.3) is 0 Å². The number of benzene rings is 1. The molecule has 1 aliphatic heterocycles. The number of nitrogens with one attached hydrogen (secondary N) is 1. The Labute approximate surface area is 171 Å². The van der Waals surface area contributed by atoms with Crippen molar-refractivity contribution in [3.63, 3.8) is 0 Å². The molecule has 0 fully saturated rings. The van der Waals surface area contributed by atoms with Gasteiger partial charge in [0.15, 0.2) is 22.4 Å². The highest BCUT2D eigenvalue weighted by molar-refractivity contribution is 7.14. The predicted octanol–water partition coefficient (Wildman–Crippen LogP) is 1.34. The van der Waals surface area contributed by atoms with Crippen LogP contribution in [-0.2, 0) is 11.2 Å². The maximum atomic E-state index is 12.7. The van der Waals surface area contributed by atoms with E-state index in [0.29, 0.717) is 36.0 Å². The molecular weight excluding hydrogens is 395 g/mol. The summed E-state index contributed by atoms with van der Waals surface area (Å²) in [6.45, 7) is 2.39. The van der Waals surface area contributed by atoms with Crippen LogP contribution in [0.3, 0.4) is 0 Å². The molecule has 0 aliphatic carbocycles. The fourth-order valence-corrected chi connectivity index (χ4v) is 3.89. The van der Waals surface area contributed by atoms with E-state index in [0.717, 1.165) is 5.56 Å².